The fraction of sp³-hybridized carbons (Fsp3) is 0.480. The zero-order chi connectivity index (χ0) is 25.4. The molecule has 1 aromatic carbocycles. The molecule has 3 N–H and O–H groups in total. The molecule has 0 unspecified atom stereocenters. The van der Waals surface area contributed by atoms with Crippen molar-refractivity contribution in [3.05, 3.63) is 53.5 Å². The van der Waals surface area contributed by atoms with E-state index < -0.39 is 23.4 Å². The summed E-state index contributed by atoms with van der Waals surface area (Å²) in [5.41, 5.74) is -0.871. The lowest BCUT2D eigenvalue weighted by atomic mass is 9.87. The molecule has 3 aromatic rings. The molecule has 0 spiro atoms. The van der Waals surface area contributed by atoms with E-state index in [0.29, 0.717) is 22.7 Å². The van der Waals surface area contributed by atoms with Crippen molar-refractivity contribution < 1.29 is 28.2 Å². The van der Waals surface area contributed by atoms with E-state index in [9.17, 15) is 28.2 Å². The molecule has 1 saturated carbocycles. The number of aliphatic hydroxyl groups is 2. The molecular formula is C25H29F3N4O3. The van der Waals surface area contributed by atoms with Crippen LogP contribution in [0.15, 0.2) is 36.5 Å². The lowest BCUT2D eigenvalue weighted by Crippen LogP contribution is -2.22. The molecule has 1 aliphatic carbocycles. The van der Waals surface area contributed by atoms with Crippen LogP contribution in [-0.2, 0) is 23.0 Å². The van der Waals surface area contributed by atoms with Gasteiger partial charge in [0.05, 0.1) is 29.3 Å². The minimum absolute atomic E-state index is 0.00508. The first-order valence-corrected chi connectivity index (χ1v) is 11.6. The van der Waals surface area contributed by atoms with E-state index in [1.807, 2.05) is 10.9 Å². The first-order valence-electron chi connectivity index (χ1n) is 11.6. The zero-order valence-electron chi connectivity index (χ0n) is 19.6. The van der Waals surface area contributed by atoms with Gasteiger partial charge in [-0.1, -0.05) is 6.07 Å². The quantitative estimate of drug-likeness (QED) is 0.470. The third-order valence-electron chi connectivity index (χ3n) is 6.48. The Kier molecular flexibility index (Phi) is 6.88. The van der Waals surface area contributed by atoms with Crippen molar-refractivity contribution in [3.63, 3.8) is 0 Å². The van der Waals surface area contributed by atoms with Gasteiger partial charge in [-0.15, -0.1) is 0 Å². The fourth-order valence-electron chi connectivity index (χ4n) is 4.57. The van der Waals surface area contributed by atoms with Crippen LogP contribution in [0.3, 0.4) is 0 Å². The minimum Gasteiger partial charge on any atom is -0.396 e. The van der Waals surface area contributed by atoms with Gasteiger partial charge in [-0.05, 0) is 69.7 Å². The van der Waals surface area contributed by atoms with Crippen LogP contribution in [0.1, 0.15) is 62.5 Å². The summed E-state index contributed by atoms with van der Waals surface area (Å²) in [7, 11) is 0. The standard InChI is InChI=1S/C25H29F3N4O3/c1-24(2,35)19-12-20-16(13-32(31-20)18-8-6-15(14-33)7-9-18)10-21(19)30-23(34)11-17-4-3-5-22(29-17)25(26,27)28/h3-5,10,12-13,15,18,33,35H,6-9,11,14H2,1-2H3,(H,30,34). The fourth-order valence-corrected chi connectivity index (χ4v) is 4.57. The highest BCUT2D eigenvalue weighted by Gasteiger charge is 2.32. The average Bonchev–Trinajstić information content (AvgIpc) is 3.20. The average molecular weight is 491 g/mol. The van der Waals surface area contributed by atoms with Crippen LogP contribution in [-0.4, -0.2) is 37.5 Å². The van der Waals surface area contributed by atoms with Crippen LogP contribution in [0.25, 0.3) is 10.9 Å². The molecule has 188 valence electrons. The lowest BCUT2D eigenvalue weighted by molar-refractivity contribution is -0.141. The molecule has 2 aromatic heterocycles. The Hall–Kier alpha value is -2.98. The third kappa shape index (κ3) is 5.82. The number of amides is 1. The van der Waals surface area contributed by atoms with Gasteiger partial charge >= 0.3 is 6.18 Å². The van der Waals surface area contributed by atoms with E-state index in [1.165, 1.54) is 12.1 Å². The summed E-state index contributed by atoms with van der Waals surface area (Å²) in [6.07, 6.45) is 0.631. The van der Waals surface area contributed by atoms with E-state index in [1.54, 1.807) is 26.0 Å². The van der Waals surface area contributed by atoms with Crippen LogP contribution >= 0.6 is 0 Å². The Morgan fingerprint density at radius 2 is 1.89 bits per heavy atom. The topological polar surface area (TPSA) is 100 Å². The largest absolute Gasteiger partial charge is 0.433 e. The summed E-state index contributed by atoms with van der Waals surface area (Å²) >= 11 is 0. The highest BCUT2D eigenvalue weighted by atomic mass is 19.4. The van der Waals surface area contributed by atoms with Crippen molar-refractivity contribution in [2.75, 3.05) is 11.9 Å². The smallest absolute Gasteiger partial charge is 0.396 e. The molecule has 0 bridgehead atoms. The molecular weight excluding hydrogens is 461 g/mol. The number of hydrogen-bond donors (Lipinski definition) is 3. The van der Waals surface area contributed by atoms with Crippen LogP contribution in [0.4, 0.5) is 18.9 Å². The zero-order valence-corrected chi connectivity index (χ0v) is 19.6. The van der Waals surface area contributed by atoms with Crippen molar-refractivity contribution in [1.82, 2.24) is 14.8 Å². The summed E-state index contributed by atoms with van der Waals surface area (Å²) in [4.78, 5) is 16.3. The number of carbonyl (C=O) groups excluding carboxylic acids is 1. The Morgan fingerprint density at radius 3 is 2.51 bits per heavy atom. The molecule has 0 radical (unpaired) electrons. The van der Waals surface area contributed by atoms with E-state index in [-0.39, 0.29) is 24.8 Å². The molecule has 0 aliphatic heterocycles. The number of carbonyl (C=O) groups is 1. The van der Waals surface area contributed by atoms with Crippen LogP contribution in [0.5, 0.6) is 0 Å². The van der Waals surface area contributed by atoms with Crippen molar-refractivity contribution in [2.45, 2.75) is 63.8 Å². The van der Waals surface area contributed by atoms with Crippen molar-refractivity contribution in [1.29, 1.82) is 0 Å². The van der Waals surface area contributed by atoms with Crippen molar-refractivity contribution in [2.24, 2.45) is 5.92 Å². The van der Waals surface area contributed by atoms with Gasteiger partial charge in [-0.25, -0.2) is 4.98 Å². The summed E-state index contributed by atoms with van der Waals surface area (Å²) < 4.78 is 40.8. The predicted molar refractivity (Wildman–Crippen MR) is 125 cm³/mol. The minimum atomic E-state index is -4.59. The maximum atomic E-state index is 12.9. The number of nitrogens with zero attached hydrogens (tertiary/aromatic N) is 3. The SMILES string of the molecule is CC(C)(O)c1cc2nn(C3CCC(CO)CC3)cc2cc1NC(=O)Cc1cccc(C(F)(F)F)n1. The van der Waals surface area contributed by atoms with Gasteiger partial charge in [-0.2, -0.15) is 18.3 Å². The summed E-state index contributed by atoms with van der Waals surface area (Å²) in [5.74, 6) is -0.220. The van der Waals surface area contributed by atoms with Crippen LogP contribution in [0.2, 0.25) is 0 Å². The van der Waals surface area contributed by atoms with E-state index in [4.69, 9.17) is 5.10 Å². The number of aliphatic hydroxyl groups excluding tert-OH is 1. The number of anilines is 1. The lowest BCUT2D eigenvalue weighted by Gasteiger charge is -2.27. The van der Waals surface area contributed by atoms with Gasteiger partial charge in [-0.3, -0.25) is 9.48 Å². The Labute approximate surface area is 201 Å². The number of hydrogen-bond acceptors (Lipinski definition) is 5. The normalized spacial score (nSPS) is 19.2. The number of halogens is 3. The Bertz CT molecular complexity index is 1210. The van der Waals surface area contributed by atoms with E-state index >= 15 is 0 Å². The van der Waals surface area contributed by atoms with E-state index in [2.05, 4.69) is 10.3 Å². The maximum absolute atomic E-state index is 12.9. The van der Waals surface area contributed by atoms with Gasteiger partial charge in [0.2, 0.25) is 5.91 Å². The molecule has 2 heterocycles. The van der Waals surface area contributed by atoms with Gasteiger partial charge in [0.25, 0.3) is 0 Å². The number of rotatable bonds is 6. The van der Waals surface area contributed by atoms with Gasteiger partial charge in [0, 0.05) is 29.4 Å². The number of pyridine rings is 1. The maximum Gasteiger partial charge on any atom is 0.433 e. The number of alkyl halides is 3. The van der Waals surface area contributed by atoms with Crippen molar-refractivity contribution in [3.8, 4) is 0 Å². The van der Waals surface area contributed by atoms with Gasteiger partial charge < -0.3 is 15.5 Å². The highest BCUT2D eigenvalue weighted by molar-refractivity contribution is 5.96. The number of nitrogens with one attached hydrogen (secondary N) is 1. The second kappa shape index (κ2) is 9.58. The summed E-state index contributed by atoms with van der Waals surface area (Å²) in [6, 6.07) is 7.10. The molecule has 35 heavy (non-hydrogen) atoms. The Morgan fingerprint density at radius 1 is 1.17 bits per heavy atom. The summed E-state index contributed by atoms with van der Waals surface area (Å²) in [6.45, 7) is 3.37. The molecule has 1 aliphatic rings. The van der Waals surface area contributed by atoms with Crippen LogP contribution < -0.4 is 5.32 Å². The summed E-state index contributed by atoms with van der Waals surface area (Å²) in [5, 5.41) is 28.3. The number of aromatic nitrogens is 3. The molecule has 7 nitrogen and oxygen atoms in total. The second-order valence-corrected chi connectivity index (χ2v) is 9.72. The third-order valence-corrected chi connectivity index (χ3v) is 6.48. The molecule has 1 amide bonds. The van der Waals surface area contributed by atoms with Crippen LogP contribution in [0, 0.1) is 5.92 Å². The van der Waals surface area contributed by atoms with E-state index in [0.717, 1.165) is 37.1 Å². The first kappa shape index (κ1) is 25.1. The van der Waals surface area contributed by atoms with Crippen molar-refractivity contribution >= 4 is 22.5 Å². The number of fused-ring (bicyclic) bond motifs is 1. The Balaban J connectivity index is 1.58. The molecule has 4 rings (SSSR count). The predicted octanol–water partition coefficient (Wildman–Crippen LogP) is 4.58. The molecule has 1 fully saturated rings. The second-order valence-electron chi connectivity index (χ2n) is 9.72. The molecule has 10 heteroatoms. The van der Waals surface area contributed by atoms with Gasteiger partial charge in [0.15, 0.2) is 0 Å². The van der Waals surface area contributed by atoms with Gasteiger partial charge in [0.1, 0.15) is 5.69 Å². The highest BCUT2D eigenvalue weighted by Crippen LogP contribution is 2.35. The first-order chi connectivity index (χ1) is 16.4. The monoisotopic (exact) mass is 490 g/mol. The molecule has 0 atom stereocenters. The number of benzene rings is 1. The molecule has 0 saturated heterocycles.